The first-order valence-corrected chi connectivity index (χ1v) is 8.91. The van der Waals surface area contributed by atoms with E-state index in [-0.39, 0.29) is 4.90 Å². The third kappa shape index (κ3) is 6.06. The maximum absolute atomic E-state index is 12.3. The van der Waals surface area contributed by atoms with Crippen LogP contribution in [-0.2, 0) is 10.0 Å². The Hall–Kier alpha value is -1.07. The molecule has 0 bridgehead atoms. The van der Waals surface area contributed by atoms with Gasteiger partial charge in [0.25, 0.3) is 0 Å². The van der Waals surface area contributed by atoms with Crippen LogP contribution in [0, 0.1) is 6.92 Å². The molecule has 0 radical (unpaired) electrons. The van der Waals surface area contributed by atoms with E-state index in [1.807, 2.05) is 27.7 Å². The van der Waals surface area contributed by atoms with Crippen molar-refractivity contribution in [2.75, 3.05) is 6.61 Å². The summed E-state index contributed by atoms with van der Waals surface area (Å²) in [6.45, 7) is 10.1. The highest BCUT2D eigenvalue weighted by atomic mass is 32.2. The van der Waals surface area contributed by atoms with E-state index in [4.69, 9.17) is 4.74 Å². The second kappa shape index (κ2) is 7.27. The van der Waals surface area contributed by atoms with Crippen LogP contribution < -0.4 is 9.46 Å². The summed E-state index contributed by atoms with van der Waals surface area (Å²) < 4.78 is 32.9. The second-order valence-electron chi connectivity index (χ2n) is 6.34. The zero-order valence-corrected chi connectivity index (χ0v) is 14.5. The van der Waals surface area contributed by atoms with E-state index in [9.17, 15) is 8.42 Å². The summed E-state index contributed by atoms with van der Waals surface area (Å²) in [5.41, 5.74) is 0.338. The number of sulfonamides is 1. The summed E-state index contributed by atoms with van der Waals surface area (Å²) in [5.74, 6) is 0.751. The fourth-order valence-electron chi connectivity index (χ4n) is 1.95. The molecule has 0 aromatic heterocycles. The Morgan fingerprint density at radius 3 is 2.38 bits per heavy atom. The van der Waals surface area contributed by atoms with Crippen molar-refractivity contribution in [2.45, 2.75) is 64.3 Å². The highest BCUT2D eigenvalue weighted by Crippen LogP contribution is 2.23. The molecule has 120 valence electrons. The first-order valence-electron chi connectivity index (χ1n) is 7.43. The van der Waals surface area contributed by atoms with Gasteiger partial charge in [0.15, 0.2) is 0 Å². The maximum atomic E-state index is 12.3. The minimum absolute atomic E-state index is 0.274. The molecule has 1 aromatic rings. The van der Waals surface area contributed by atoms with Gasteiger partial charge in [0, 0.05) is 5.54 Å². The Morgan fingerprint density at radius 1 is 1.19 bits per heavy atom. The van der Waals surface area contributed by atoms with Crippen molar-refractivity contribution in [3.05, 3.63) is 23.8 Å². The van der Waals surface area contributed by atoms with E-state index in [0.29, 0.717) is 6.61 Å². The average molecular weight is 313 g/mol. The lowest BCUT2D eigenvalue weighted by atomic mass is 10.1. The molecule has 0 amide bonds. The number of rotatable bonds is 7. The fraction of sp³-hybridized carbons (Fsp3) is 0.625. The maximum Gasteiger partial charge on any atom is 0.241 e. The average Bonchev–Trinajstić information content (AvgIpc) is 2.33. The van der Waals surface area contributed by atoms with Crippen LogP contribution in [0.25, 0.3) is 0 Å². The number of ether oxygens (including phenoxy) is 1. The molecule has 21 heavy (non-hydrogen) atoms. The molecule has 0 heterocycles. The van der Waals surface area contributed by atoms with E-state index >= 15 is 0 Å². The molecule has 4 nitrogen and oxygen atoms in total. The molecular formula is C16H27NO3S. The van der Waals surface area contributed by atoms with E-state index in [1.54, 1.807) is 18.2 Å². The minimum atomic E-state index is -3.49. The van der Waals surface area contributed by atoms with Crippen LogP contribution in [0.1, 0.15) is 52.5 Å². The van der Waals surface area contributed by atoms with Gasteiger partial charge in [0.1, 0.15) is 5.75 Å². The van der Waals surface area contributed by atoms with E-state index in [1.165, 1.54) is 0 Å². The van der Waals surface area contributed by atoms with Gasteiger partial charge >= 0.3 is 0 Å². The van der Waals surface area contributed by atoms with Crippen LogP contribution in [0.2, 0.25) is 0 Å². The Morgan fingerprint density at radius 2 is 1.86 bits per heavy atom. The lowest BCUT2D eigenvalue weighted by Crippen LogP contribution is -2.40. The Labute approximate surface area is 129 Å². The van der Waals surface area contributed by atoms with Crippen LogP contribution in [0.15, 0.2) is 23.1 Å². The topological polar surface area (TPSA) is 55.4 Å². The zero-order chi connectivity index (χ0) is 16.1. The number of unbranched alkanes of at least 4 members (excludes halogenated alkanes) is 2. The Balaban J connectivity index is 2.82. The molecule has 1 aromatic carbocycles. The van der Waals surface area contributed by atoms with Crippen molar-refractivity contribution in [3.8, 4) is 5.75 Å². The van der Waals surface area contributed by atoms with Gasteiger partial charge in [-0.2, -0.15) is 0 Å². The normalized spacial score (nSPS) is 12.4. The lowest BCUT2D eigenvalue weighted by molar-refractivity contribution is 0.304. The molecule has 0 saturated carbocycles. The van der Waals surface area contributed by atoms with Crippen molar-refractivity contribution >= 4 is 10.0 Å². The van der Waals surface area contributed by atoms with Gasteiger partial charge in [-0.25, -0.2) is 13.1 Å². The minimum Gasteiger partial charge on any atom is -0.493 e. The van der Waals surface area contributed by atoms with Gasteiger partial charge in [0.2, 0.25) is 10.0 Å². The lowest BCUT2D eigenvalue weighted by Gasteiger charge is -2.20. The molecule has 0 aliphatic heterocycles. The molecular weight excluding hydrogens is 286 g/mol. The number of hydrogen-bond donors (Lipinski definition) is 1. The van der Waals surface area contributed by atoms with Gasteiger partial charge in [-0.1, -0.05) is 19.8 Å². The zero-order valence-electron chi connectivity index (χ0n) is 13.7. The monoisotopic (exact) mass is 313 g/mol. The van der Waals surface area contributed by atoms with Gasteiger partial charge in [-0.15, -0.1) is 0 Å². The smallest absolute Gasteiger partial charge is 0.241 e. The summed E-state index contributed by atoms with van der Waals surface area (Å²) >= 11 is 0. The third-order valence-corrected chi connectivity index (χ3v) is 4.66. The van der Waals surface area contributed by atoms with E-state index < -0.39 is 15.6 Å². The molecule has 0 spiro atoms. The molecule has 0 atom stereocenters. The molecule has 1 rings (SSSR count). The van der Waals surface area contributed by atoms with Crippen LogP contribution in [0.4, 0.5) is 0 Å². The van der Waals surface area contributed by atoms with Gasteiger partial charge in [0.05, 0.1) is 11.5 Å². The molecule has 0 unspecified atom stereocenters. The molecule has 0 aliphatic carbocycles. The van der Waals surface area contributed by atoms with Crippen molar-refractivity contribution in [1.29, 1.82) is 0 Å². The van der Waals surface area contributed by atoms with Crippen LogP contribution in [-0.4, -0.2) is 20.6 Å². The summed E-state index contributed by atoms with van der Waals surface area (Å²) in [7, 11) is -3.49. The summed E-state index contributed by atoms with van der Waals surface area (Å²) in [4.78, 5) is 0.274. The predicted molar refractivity (Wildman–Crippen MR) is 86.3 cm³/mol. The highest BCUT2D eigenvalue weighted by Gasteiger charge is 2.22. The molecule has 5 heteroatoms. The molecule has 0 aliphatic rings. The first kappa shape index (κ1) is 18.0. The number of aryl methyl sites for hydroxylation is 1. The quantitative estimate of drug-likeness (QED) is 0.782. The third-order valence-electron chi connectivity index (χ3n) is 2.90. The van der Waals surface area contributed by atoms with Crippen molar-refractivity contribution in [1.82, 2.24) is 4.72 Å². The molecule has 0 saturated heterocycles. The van der Waals surface area contributed by atoms with Gasteiger partial charge < -0.3 is 4.74 Å². The predicted octanol–water partition coefficient (Wildman–Crippen LogP) is 3.64. The van der Waals surface area contributed by atoms with Crippen LogP contribution >= 0.6 is 0 Å². The van der Waals surface area contributed by atoms with Crippen molar-refractivity contribution in [2.24, 2.45) is 0 Å². The van der Waals surface area contributed by atoms with Crippen LogP contribution in [0.3, 0.4) is 0 Å². The van der Waals surface area contributed by atoms with E-state index in [0.717, 1.165) is 30.6 Å². The van der Waals surface area contributed by atoms with Crippen molar-refractivity contribution < 1.29 is 13.2 Å². The number of benzene rings is 1. The summed E-state index contributed by atoms with van der Waals surface area (Å²) in [6.07, 6.45) is 3.31. The largest absolute Gasteiger partial charge is 0.493 e. The summed E-state index contributed by atoms with van der Waals surface area (Å²) in [5, 5.41) is 0. The second-order valence-corrected chi connectivity index (χ2v) is 8.02. The summed E-state index contributed by atoms with van der Waals surface area (Å²) in [6, 6.07) is 4.98. The number of hydrogen-bond acceptors (Lipinski definition) is 3. The van der Waals surface area contributed by atoms with Crippen molar-refractivity contribution in [3.63, 3.8) is 0 Å². The molecule has 1 N–H and O–H groups in total. The standard InChI is InChI=1S/C16H27NO3S/c1-6-7-8-11-20-15-10-9-14(12-13(15)2)21(18,19)17-16(3,4)5/h9-10,12,17H,6-8,11H2,1-5H3. The number of nitrogens with one attached hydrogen (secondary N) is 1. The van der Waals surface area contributed by atoms with E-state index in [2.05, 4.69) is 11.6 Å². The Bertz CT molecular complexity index is 559. The van der Waals surface area contributed by atoms with Gasteiger partial charge in [-0.3, -0.25) is 0 Å². The fourth-order valence-corrected chi connectivity index (χ4v) is 3.45. The SMILES string of the molecule is CCCCCOc1ccc(S(=O)(=O)NC(C)(C)C)cc1C. The highest BCUT2D eigenvalue weighted by molar-refractivity contribution is 7.89. The van der Waals surface area contributed by atoms with Gasteiger partial charge in [-0.05, 0) is 57.9 Å². The first-order chi connectivity index (χ1) is 9.65. The molecule has 0 fully saturated rings. The Kier molecular flexibility index (Phi) is 6.23. The van der Waals surface area contributed by atoms with Crippen LogP contribution in [0.5, 0.6) is 5.75 Å².